The summed E-state index contributed by atoms with van der Waals surface area (Å²) >= 11 is 0. The maximum atomic E-state index is 12.6. The number of methoxy groups -OCH3 is 2. The van der Waals surface area contributed by atoms with Crippen LogP contribution >= 0.6 is 0 Å². The number of hydrogen-bond acceptors (Lipinski definition) is 5. The first-order valence-corrected chi connectivity index (χ1v) is 9.00. The van der Waals surface area contributed by atoms with Crippen molar-refractivity contribution in [1.82, 2.24) is 10.2 Å². The van der Waals surface area contributed by atoms with E-state index in [2.05, 4.69) is 16.3 Å². The largest absolute Gasteiger partial charge is 0.497 e. The topological polar surface area (TPSA) is 74.6 Å². The van der Waals surface area contributed by atoms with Crippen LogP contribution in [0.3, 0.4) is 0 Å². The SMILES string of the molecule is COc1ccc(OC)c(CN(CC(=O)NC(C)(C#N)C(C)C)C2CC2)c1. The number of carbonyl (C=O) groups excluding carboxylic acids is 1. The number of nitriles is 1. The summed E-state index contributed by atoms with van der Waals surface area (Å²) in [6.07, 6.45) is 2.17. The summed E-state index contributed by atoms with van der Waals surface area (Å²) in [5.41, 5.74) is 0.124. The predicted octanol–water partition coefficient (Wildman–Crippen LogP) is 2.72. The van der Waals surface area contributed by atoms with Crippen LogP contribution in [0.4, 0.5) is 0 Å². The molecule has 1 saturated carbocycles. The van der Waals surface area contributed by atoms with Crippen LogP contribution in [0.25, 0.3) is 0 Å². The normalized spacial score (nSPS) is 16.1. The Bertz CT molecular complexity index is 679. The van der Waals surface area contributed by atoms with Crippen molar-refractivity contribution in [3.63, 3.8) is 0 Å². The highest BCUT2D eigenvalue weighted by Gasteiger charge is 2.34. The molecule has 1 fully saturated rings. The molecule has 26 heavy (non-hydrogen) atoms. The van der Waals surface area contributed by atoms with E-state index in [1.54, 1.807) is 21.1 Å². The Morgan fingerprint density at radius 1 is 1.38 bits per heavy atom. The van der Waals surface area contributed by atoms with Gasteiger partial charge >= 0.3 is 0 Å². The highest BCUT2D eigenvalue weighted by molar-refractivity contribution is 5.79. The van der Waals surface area contributed by atoms with E-state index < -0.39 is 5.54 Å². The van der Waals surface area contributed by atoms with Crippen LogP contribution in [-0.2, 0) is 11.3 Å². The molecule has 1 aliphatic carbocycles. The van der Waals surface area contributed by atoms with E-state index in [1.165, 1.54) is 0 Å². The van der Waals surface area contributed by atoms with E-state index in [4.69, 9.17) is 9.47 Å². The molecule has 0 spiro atoms. The van der Waals surface area contributed by atoms with E-state index in [9.17, 15) is 10.1 Å². The first kappa shape index (κ1) is 20.1. The Labute approximate surface area is 156 Å². The van der Waals surface area contributed by atoms with Crippen LogP contribution in [0.15, 0.2) is 18.2 Å². The van der Waals surface area contributed by atoms with Gasteiger partial charge in [0.25, 0.3) is 0 Å². The second-order valence-corrected chi connectivity index (χ2v) is 7.33. The Morgan fingerprint density at radius 2 is 2.08 bits per heavy atom. The van der Waals surface area contributed by atoms with Gasteiger partial charge in [-0.15, -0.1) is 0 Å². The molecule has 0 saturated heterocycles. The fourth-order valence-corrected chi connectivity index (χ4v) is 2.79. The molecule has 0 aliphatic heterocycles. The van der Waals surface area contributed by atoms with Crippen molar-refractivity contribution in [2.24, 2.45) is 5.92 Å². The monoisotopic (exact) mass is 359 g/mol. The third-order valence-corrected chi connectivity index (χ3v) is 5.06. The fraction of sp³-hybridized carbons (Fsp3) is 0.600. The van der Waals surface area contributed by atoms with E-state index in [0.717, 1.165) is 29.9 Å². The van der Waals surface area contributed by atoms with Gasteiger partial charge in [-0.05, 0) is 43.9 Å². The van der Waals surface area contributed by atoms with Crippen LogP contribution < -0.4 is 14.8 Å². The molecule has 0 radical (unpaired) electrons. The van der Waals surface area contributed by atoms with Gasteiger partial charge in [-0.1, -0.05) is 13.8 Å². The first-order chi connectivity index (χ1) is 12.3. The second-order valence-electron chi connectivity index (χ2n) is 7.33. The van der Waals surface area contributed by atoms with Gasteiger partial charge in [0, 0.05) is 18.2 Å². The molecular weight excluding hydrogens is 330 g/mol. The van der Waals surface area contributed by atoms with E-state index >= 15 is 0 Å². The predicted molar refractivity (Wildman–Crippen MR) is 100.0 cm³/mol. The molecular formula is C20H29N3O3. The molecule has 1 aliphatic rings. The lowest BCUT2D eigenvalue weighted by atomic mass is 9.90. The van der Waals surface area contributed by atoms with Crippen LogP contribution in [0.1, 0.15) is 39.2 Å². The van der Waals surface area contributed by atoms with Crippen molar-refractivity contribution in [2.45, 2.75) is 51.7 Å². The average molecular weight is 359 g/mol. The van der Waals surface area contributed by atoms with Crippen molar-refractivity contribution in [3.05, 3.63) is 23.8 Å². The molecule has 142 valence electrons. The van der Waals surface area contributed by atoms with Crippen LogP contribution in [0.2, 0.25) is 0 Å². The van der Waals surface area contributed by atoms with Gasteiger partial charge in [-0.3, -0.25) is 9.69 Å². The van der Waals surface area contributed by atoms with Gasteiger partial charge in [0.1, 0.15) is 17.0 Å². The van der Waals surface area contributed by atoms with Crippen LogP contribution in [-0.4, -0.2) is 43.2 Å². The lowest BCUT2D eigenvalue weighted by molar-refractivity contribution is -0.124. The number of rotatable bonds is 9. The summed E-state index contributed by atoms with van der Waals surface area (Å²) in [6, 6.07) is 8.30. The number of nitrogens with zero attached hydrogens (tertiary/aromatic N) is 2. The maximum Gasteiger partial charge on any atom is 0.235 e. The van der Waals surface area contributed by atoms with Gasteiger partial charge in [-0.2, -0.15) is 5.26 Å². The number of amides is 1. The van der Waals surface area contributed by atoms with Crippen LogP contribution in [0, 0.1) is 17.2 Å². The molecule has 0 heterocycles. The second kappa shape index (κ2) is 8.41. The summed E-state index contributed by atoms with van der Waals surface area (Å²) < 4.78 is 10.8. The first-order valence-electron chi connectivity index (χ1n) is 9.00. The number of hydrogen-bond donors (Lipinski definition) is 1. The van der Waals surface area contributed by atoms with Gasteiger partial charge in [0.2, 0.25) is 5.91 Å². The van der Waals surface area contributed by atoms with Crippen molar-refractivity contribution < 1.29 is 14.3 Å². The highest BCUT2D eigenvalue weighted by atomic mass is 16.5. The standard InChI is InChI=1S/C20H29N3O3/c1-14(2)20(3,13-21)22-19(24)12-23(16-6-7-16)11-15-10-17(25-4)8-9-18(15)26-5/h8-10,14,16H,6-7,11-12H2,1-5H3,(H,22,24). The lowest BCUT2D eigenvalue weighted by Crippen LogP contribution is -2.52. The molecule has 6 heteroatoms. The number of benzene rings is 1. The Morgan fingerprint density at radius 3 is 2.58 bits per heavy atom. The molecule has 1 aromatic rings. The Hall–Kier alpha value is -2.26. The highest BCUT2D eigenvalue weighted by Crippen LogP contribution is 2.31. The van der Waals surface area contributed by atoms with Gasteiger partial charge in [0.05, 0.1) is 26.8 Å². The van der Waals surface area contributed by atoms with E-state index in [1.807, 2.05) is 32.0 Å². The zero-order chi connectivity index (χ0) is 19.3. The maximum absolute atomic E-state index is 12.6. The van der Waals surface area contributed by atoms with Crippen molar-refractivity contribution >= 4 is 5.91 Å². The Kier molecular flexibility index (Phi) is 6.49. The molecule has 1 atom stereocenters. The van der Waals surface area contributed by atoms with Crippen molar-refractivity contribution in [1.29, 1.82) is 5.26 Å². The zero-order valence-electron chi connectivity index (χ0n) is 16.3. The summed E-state index contributed by atoms with van der Waals surface area (Å²) in [5, 5.41) is 12.3. The summed E-state index contributed by atoms with van der Waals surface area (Å²) in [4.78, 5) is 14.7. The summed E-state index contributed by atoms with van der Waals surface area (Å²) in [5.74, 6) is 1.44. The lowest BCUT2D eigenvalue weighted by Gasteiger charge is -2.29. The average Bonchev–Trinajstić information content (AvgIpc) is 3.45. The molecule has 1 unspecified atom stereocenters. The minimum absolute atomic E-state index is 0.0318. The van der Waals surface area contributed by atoms with Crippen molar-refractivity contribution in [3.8, 4) is 17.6 Å². The van der Waals surface area contributed by atoms with Gasteiger partial charge in [-0.25, -0.2) is 0 Å². The molecule has 0 bridgehead atoms. The minimum atomic E-state index is -0.861. The quantitative estimate of drug-likeness (QED) is 0.734. The Balaban J connectivity index is 2.11. The molecule has 1 aromatic carbocycles. The third kappa shape index (κ3) is 4.89. The van der Waals surface area contributed by atoms with E-state index in [0.29, 0.717) is 12.6 Å². The molecule has 0 aromatic heterocycles. The molecule has 1 amide bonds. The molecule has 6 nitrogen and oxygen atoms in total. The fourth-order valence-electron chi connectivity index (χ4n) is 2.79. The third-order valence-electron chi connectivity index (χ3n) is 5.06. The van der Waals surface area contributed by atoms with Gasteiger partial charge in [0.15, 0.2) is 0 Å². The van der Waals surface area contributed by atoms with E-state index in [-0.39, 0.29) is 18.4 Å². The molecule has 2 rings (SSSR count). The number of nitrogens with one attached hydrogen (secondary N) is 1. The summed E-state index contributed by atoms with van der Waals surface area (Å²) in [6.45, 7) is 6.49. The molecule has 1 N–H and O–H groups in total. The van der Waals surface area contributed by atoms with Crippen molar-refractivity contribution in [2.75, 3.05) is 20.8 Å². The minimum Gasteiger partial charge on any atom is -0.497 e. The summed E-state index contributed by atoms with van der Waals surface area (Å²) in [7, 11) is 3.27. The zero-order valence-corrected chi connectivity index (χ0v) is 16.3. The number of ether oxygens (including phenoxy) is 2. The van der Waals surface area contributed by atoms with Gasteiger partial charge < -0.3 is 14.8 Å². The van der Waals surface area contributed by atoms with Crippen LogP contribution in [0.5, 0.6) is 11.5 Å². The smallest absolute Gasteiger partial charge is 0.235 e. The number of carbonyl (C=O) groups is 1.